The molecule has 3 heteroatoms. The standard InChI is InChI=1S/C15H22N2O/c1-11(2)7-9-17(3)15(18)13-4-5-14-12(10-13)6-8-16-14/h4-5,10-11,16H,6-9H2,1-3H3. The van der Waals surface area contributed by atoms with Gasteiger partial charge in [-0.2, -0.15) is 0 Å². The fraction of sp³-hybridized carbons (Fsp3) is 0.533. The molecule has 1 aromatic carbocycles. The van der Waals surface area contributed by atoms with E-state index in [1.807, 2.05) is 30.1 Å². The third-order valence-electron chi connectivity index (χ3n) is 3.45. The summed E-state index contributed by atoms with van der Waals surface area (Å²) in [6.07, 6.45) is 2.07. The number of benzene rings is 1. The molecule has 1 heterocycles. The SMILES string of the molecule is CC(C)CCN(C)C(=O)c1ccc2c(c1)CCN2. The Kier molecular flexibility index (Phi) is 3.90. The number of nitrogens with zero attached hydrogens (tertiary/aromatic N) is 1. The molecule has 0 fully saturated rings. The zero-order chi connectivity index (χ0) is 13.1. The maximum atomic E-state index is 12.3. The highest BCUT2D eigenvalue weighted by Gasteiger charge is 2.16. The van der Waals surface area contributed by atoms with Crippen LogP contribution in [0.4, 0.5) is 5.69 Å². The summed E-state index contributed by atoms with van der Waals surface area (Å²) in [5.74, 6) is 0.759. The van der Waals surface area contributed by atoms with Crippen LogP contribution in [0.1, 0.15) is 36.2 Å². The van der Waals surface area contributed by atoms with Gasteiger partial charge in [-0.3, -0.25) is 4.79 Å². The van der Waals surface area contributed by atoms with Gasteiger partial charge in [0.2, 0.25) is 0 Å². The first kappa shape index (κ1) is 12.9. The Morgan fingerprint density at radius 2 is 2.22 bits per heavy atom. The van der Waals surface area contributed by atoms with Crippen molar-refractivity contribution >= 4 is 11.6 Å². The van der Waals surface area contributed by atoms with Crippen LogP contribution in [0.3, 0.4) is 0 Å². The third kappa shape index (κ3) is 2.84. The third-order valence-corrected chi connectivity index (χ3v) is 3.45. The first-order valence-electron chi connectivity index (χ1n) is 6.70. The van der Waals surface area contributed by atoms with Crippen LogP contribution in [-0.4, -0.2) is 30.9 Å². The zero-order valence-electron chi connectivity index (χ0n) is 11.5. The molecule has 0 radical (unpaired) electrons. The fourth-order valence-electron chi connectivity index (χ4n) is 2.21. The summed E-state index contributed by atoms with van der Waals surface area (Å²) in [4.78, 5) is 14.1. The molecule has 1 N–H and O–H groups in total. The molecule has 2 rings (SSSR count). The molecule has 0 atom stereocenters. The van der Waals surface area contributed by atoms with E-state index in [2.05, 4.69) is 19.2 Å². The quantitative estimate of drug-likeness (QED) is 0.886. The lowest BCUT2D eigenvalue weighted by Gasteiger charge is -2.18. The molecule has 18 heavy (non-hydrogen) atoms. The van der Waals surface area contributed by atoms with Crippen molar-refractivity contribution in [1.82, 2.24) is 4.90 Å². The van der Waals surface area contributed by atoms with Crippen LogP contribution >= 0.6 is 0 Å². The number of anilines is 1. The van der Waals surface area contributed by atoms with Gasteiger partial charge in [0.05, 0.1) is 0 Å². The molecule has 1 aliphatic rings. The van der Waals surface area contributed by atoms with Crippen molar-refractivity contribution in [1.29, 1.82) is 0 Å². The van der Waals surface area contributed by atoms with Gasteiger partial charge in [0, 0.05) is 31.4 Å². The van der Waals surface area contributed by atoms with Gasteiger partial charge in [0.25, 0.3) is 5.91 Å². The average Bonchev–Trinajstić information content (AvgIpc) is 2.81. The van der Waals surface area contributed by atoms with Crippen LogP contribution in [0.25, 0.3) is 0 Å². The predicted molar refractivity (Wildman–Crippen MR) is 75.1 cm³/mol. The minimum absolute atomic E-state index is 0.130. The van der Waals surface area contributed by atoms with E-state index in [4.69, 9.17) is 0 Å². The lowest BCUT2D eigenvalue weighted by atomic mass is 10.1. The average molecular weight is 246 g/mol. The number of nitrogens with one attached hydrogen (secondary N) is 1. The Balaban J connectivity index is 2.04. The van der Waals surface area contributed by atoms with Crippen molar-refractivity contribution in [3.63, 3.8) is 0 Å². The molecule has 98 valence electrons. The Labute approximate surface area is 109 Å². The minimum Gasteiger partial charge on any atom is -0.384 e. The molecular weight excluding hydrogens is 224 g/mol. The molecule has 3 nitrogen and oxygen atoms in total. The van der Waals surface area contributed by atoms with E-state index in [1.54, 1.807) is 0 Å². The van der Waals surface area contributed by atoms with Crippen molar-refractivity contribution in [2.45, 2.75) is 26.7 Å². The molecule has 0 aliphatic carbocycles. The molecule has 0 saturated heterocycles. The van der Waals surface area contributed by atoms with Crippen LogP contribution in [0, 0.1) is 5.92 Å². The van der Waals surface area contributed by atoms with Crippen molar-refractivity contribution in [2.24, 2.45) is 5.92 Å². The van der Waals surface area contributed by atoms with Gasteiger partial charge >= 0.3 is 0 Å². The van der Waals surface area contributed by atoms with Gasteiger partial charge in [-0.1, -0.05) is 13.8 Å². The van der Waals surface area contributed by atoms with E-state index < -0.39 is 0 Å². The van der Waals surface area contributed by atoms with E-state index >= 15 is 0 Å². The summed E-state index contributed by atoms with van der Waals surface area (Å²) in [6, 6.07) is 5.97. The second-order valence-electron chi connectivity index (χ2n) is 5.46. The number of hydrogen-bond acceptors (Lipinski definition) is 2. The van der Waals surface area contributed by atoms with Gasteiger partial charge in [-0.15, -0.1) is 0 Å². The van der Waals surface area contributed by atoms with Crippen molar-refractivity contribution in [2.75, 3.05) is 25.5 Å². The maximum Gasteiger partial charge on any atom is 0.253 e. The molecular formula is C15H22N2O. The van der Waals surface area contributed by atoms with Crippen molar-refractivity contribution in [3.8, 4) is 0 Å². The van der Waals surface area contributed by atoms with E-state index in [0.717, 1.165) is 31.5 Å². The Hall–Kier alpha value is -1.51. The summed E-state index contributed by atoms with van der Waals surface area (Å²) in [6.45, 7) is 6.17. The largest absolute Gasteiger partial charge is 0.384 e. The smallest absolute Gasteiger partial charge is 0.253 e. The molecule has 1 amide bonds. The summed E-state index contributed by atoms with van der Waals surface area (Å²) in [5, 5.41) is 3.31. The Morgan fingerprint density at radius 1 is 1.44 bits per heavy atom. The first-order valence-corrected chi connectivity index (χ1v) is 6.70. The number of rotatable bonds is 4. The summed E-state index contributed by atoms with van der Waals surface area (Å²) >= 11 is 0. The topological polar surface area (TPSA) is 32.3 Å². The number of hydrogen-bond donors (Lipinski definition) is 1. The number of carbonyl (C=O) groups is 1. The molecule has 1 aromatic rings. The summed E-state index contributed by atoms with van der Waals surface area (Å²) < 4.78 is 0. The minimum atomic E-state index is 0.130. The van der Waals surface area contributed by atoms with Crippen molar-refractivity contribution in [3.05, 3.63) is 29.3 Å². The summed E-state index contributed by atoms with van der Waals surface area (Å²) in [5.41, 5.74) is 3.25. The maximum absolute atomic E-state index is 12.3. The molecule has 0 bridgehead atoms. The highest BCUT2D eigenvalue weighted by molar-refractivity contribution is 5.94. The molecule has 0 spiro atoms. The van der Waals surface area contributed by atoms with E-state index in [0.29, 0.717) is 5.92 Å². The van der Waals surface area contributed by atoms with Crippen LogP contribution < -0.4 is 5.32 Å². The highest BCUT2D eigenvalue weighted by atomic mass is 16.2. The number of fused-ring (bicyclic) bond motifs is 1. The van der Waals surface area contributed by atoms with Gasteiger partial charge in [-0.25, -0.2) is 0 Å². The normalized spacial score (nSPS) is 13.3. The van der Waals surface area contributed by atoms with E-state index in [1.165, 1.54) is 11.3 Å². The second-order valence-corrected chi connectivity index (χ2v) is 5.46. The van der Waals surface area contributed by atoms with Gasteiger partial charge in [0.15, 0.2) is 0 Å². The van der Waals surface area contributed by atoms with Crippen molar-refractivity contribution < 1.29 is 4.79 Å². The fourth-order valence-corrected chi connectivity index (χ4v) is 2.21. The van der Waals surface area contributed by atoms with E-state index in [-0.39, 0.29) is 5.91 Å². The monoisotopic (exact) mass is 246 g/mol. The lowest BCUT2D eigenvalue weighted by Crippen LogP contribution is -2.28. The first-order chi connectivity index (χ1) is 8.58. The molecule has 0 unspecified atom stereocenters. The van der Waals surface area contributed by atoms with Gasteiger partial charge in [0.1, 0.15) is 0 Å². The Morgan fingerprint density at radius 3 is 2.94 bits per heavy atom. The number of carbonyl (C=O) groups excluding carboxylic acids is 1. The van der Waals surface area contributed by atoms with Gasteiger partial charge in [-0.05, 0) is 42.5 Å². The van der Waals surface area contributed by atoms with Crippen LogP contribution in [0.2, 0.25) is 0 Å². The van der Waals surface area contributed by atoms with Crippen LogP contribution in [-0.2, 0) is 6.42 Å². The predicted octanol–water partition coefficient (Wildman–Crippen LogP) is 2.77. The second kappa shape index (κ2) is 5.42. The van der Waals surface area contributed by atoms with Crippen LogP contribution in [0.5, 0.6) is 0 Å². The molecule has 0 saturated carbocycles. The molecule has 1 aliphatic heterocycles. The zero-order valence-corrected chi connectivity index (χ0v) is 11.5. The highest BCUT2D eigenvalue weighted by Crippen LogP contribution is 2.23. The van der Waals surface area contributed by atoms with E-state index in [9.17, 15) is 4.79 Å². The Bertz CT molecular complexity index is 440. The molecule has 0 aromatic heterocycles. The van der Waals surface area contributed by atoms with Gasteiger partial charge < -0.3 is 10.2 Å². The number of amides is 1. The summed E-state index contributed by atoms with van der Waals surface area (Å²) in [7, 11) is 1.89. The van der Waals surface area contributed by atoms with Crippen LogP contribution in [0.15, 0.2) is 18.2 Å². The lowest BCUT2D eigenvalue weighted by molar-refractivity contribution is 0.0789.